The Morgan fingerprint density at radius 3 is 2.24 bits per heavy atom. The molecular weight excluding hydrogens is 326 g/mol. The van der Waals surface area contributed by atoms with Gasteiger partial charge in [0, 0.05) is 6.92 Å². The van der Waals surface area contributed by atoms with Crippen molar-refractivity contribution in [2.24, 2.45) is 0 Å². The Morgan fingerprint density at radius 1 is 1.16 bits per heavy atom. The van der Waals surface area contributed by atoms with E-state index in [1.807, 2.05) is 0 Å². The Hall–Kier alpha value is -2.88. The molecule has 1 amide bonds. The molecule has 136 valence electrons. The topological polar surface area (TPSA) is 83.1 Å². The van der Waals surface area contributed by atoms with Crippen LogP contribution in [0.15, 0.2) is 6.07 Å². The molecule has 1 atom stereocenters. The quantitative estimate of drug-likeness (QED) is 0.563. The number of benzene rings is 1. The first-order chi connectivity index (χ1) is 11.9. The van der Waals surface area contributed by atoms with E-state index in [2.05, 4.69) is 11.2 Å². The summed E-state index contributed by atoms with van der Waals surface area (Å²) in [4.78, 5) is 23.1. The summed E-state index contributed by atoms with van der Waals surface area (Å²) in [6.07, 6.45) is 6.33. The number of esters is 1. The highest BCUT2D eigenvalue weighted by atomic mass is 16.5. The van der Waals surface area contributed by atoms with E-state index in [1.165, 1.54) is 35.4 Å². The van der Waals surface area contributed by atoms with Crippen LogP contribution in [-0.4, -0.2) is 46.4 Å². The Kier molecular flexibility index (Phi) is 7.60. The van der Waals surface area contributed by atoms with Gasteiger partial charge in [-0.15, -0.1) is 6.42 Å². The number of hydrogen-bond acceptors (Lipinski definition) is 6. The minimum atomic E-state index is -0.771. The first-order valence-electron chi connectivity index (χ1n) is 7.56. The molecular formula is C18H23NO6. The van der Waals surface area contributed by atoms with Crippen molar-refractivity contribution in [2.45, 2.75) is 25.8 Å². The maximum Gasteiger partial charge on any atom is 0.328 e. The molecule has 0 saturated heterocycles. The average Bonchev–Trinajstić information content (AvgIpc) is 2.62. The molecule has 0 fully saturated rings. The predicted octanol–water partition coefficient (Wildman–Crippen LogP) is 1.30. The van der Waals surface area contributed by atoms with Crippen LogP contribution in [0.5, 0.6) is 17.2 Å². The highest BCUT2D eigenvalue weighted by Crippen LogP contribution is 2.42. The number of methoxy groups -OCH3 is 4. The minimum Gasteiger partial charge on any atom is -0.493 e. The fourth-order valence-corrected chi connectivity index (χ4v) is 2.50. The maximum atomic E-state index is 11.8. The third-order valence-electron chi connectivity index (χ3n) is 3.62. The molecule has 0 unspecified atom stereocenters. The molecule has 1 rings (SSSR count). The fraction of sp³-hybridized carbons (Fsp3) is 0.444. The predicted molar refractivity (Wildman–Crippen MR) is 92.0 cm³/mol. The smallest absolute Gasteiger partial charge is 0.328 e. The molecule has 0 heterocycles. The van der Waals surface area contributed by atoms with Gasteiger partial charge in [0.05, 0.1) is 34.0 Å². The van der Waals surface area contributed by atoms with Gasteiger partial charge in [0.2, 0.25) is 11.7 Å². The van der Waals surface area contributed by atoms with Crippen molar-refractivity contribution >= 4 is 11.9 Å². The summed E-state index contributed by atoms with van der Waals surface area (Å²) in [6.45, 7) is 1.34. The van der Waals surface area contributed by atoms with Gasteiger partial charge in [0.1, 0.15) is 6.04 Å². The van der Waals surface area contributed by atoms with Crippen LogP contribution in [0.3, 0.4) is 0 Å². The number of rotatable bonds is 8. The van der Waals surface area contributed by atoms with E-state index < -0.39 is 12.0 Å². The van der Waals surface area contributed by atoms with E-state index in [0.29, 0.717) is 35.7 Å². The Balaban J connectivity index is 3.21. The molecule has 7 heteroatoms. The van der Waals surface area contributed by atoms with Gasteiger partial charge in [0.25, 0.3) is 0 Å². The lowest BCUT2D eigenvalue weighted by atomic mass is 9.98. The number of aryl methyl sites for hydroxylation is 1. The Morgan fingerprint density at radius 2 is 1.80 bits per heavy atom. The van der Waals surface area contributed by atoms with Crippen LogP contribution in [0.2, 0.25) is 0 Å². The second kappa shape index (κ2) is 9.42. The molecule has 0 aromatic heterocycles. The van der Waals surface area contributed by atoms with E-state index in [9.17, 15) is 9.59 Å². The van der Waals surface area contributed by atoms with E-state index in [4.69, 9.17) is 25.4 Å². The Labute approximate surface area is 147 Å². The molecule has 1 aromatic rings. The van der Waals surface area contributed by atoms with E-state index in [-0.39, 0.29) is 5.91 Å². The lowest BCUT2D eigenvalue weighted by molar-refractivity contribution is -0.145. The van der Waals surface area contributed by atoms with Gasteiger partial charge in [-0.25, -0.2) is 4.79 Å². The van der Waals surface area contributed by atoms with Gasteiger partial charge in [-0.1, -0.05) is 5.92 Å². The van der Waals surface area contributed by atoms with Crippen LogP contribution in [0.4, 0.5) is 0 Å². The molecule has 0 aliphatic heterocycles. The van der Waals surface area contributed by atoms with Crippen molar-refractivity contribution in [3.8, 4) is 29.6 Å². The van der Waals surface area contributed by atoms with Gasteiger partial charge in [-0.3, -0.25) is 4.79 Å². The van der Waals surface area contributed by atoms with Crippen molar-refractivity contribution in [1.29, 1.82) is 0 Å². The third kappa shape index (κ3) is 4.80. The van der Waals surface area contributed by atoms with Gasteiger partial charge in [-0.2, -0.15) is 0 Å². The van der Waals surface area contributed by atoms with E-state index in [1.54, 1.807) is 6.07 Å². The zero-order valence-electron chi connectivity index (χ0n) is 15.1. The number of carbonyl (C=O) groups is 2. The molecule has 25 heavy (non-hydrogen) atoms. The summed E-state index contributed by atoms with van der Waals surface area (Å²) in [5, 5.41) is 2.57. The summed E-state index contributed by atoms with van der Waals surface area (Å²) in [7, 11) is 5.75. The van der Waals surface area contributed by atoms with Crippen molar-refractivity contribution < 1.29 is 28.5 Å². The average molecular weight is 349 g/mol. The second-order valence-electron chi connectivity index (χ2n) is 5.14. The molecule has 0 saturated carbocycles. The van der Waals surface area contributed by atoms with E-state index in [0.717, 1.165) is 5.56 Å². The van der Waals surface area contributed by atoms with Gasteiger partial charge in [0.15, 0.2) is 11.5 Å². The van der Waals surface area contributed by atoms with Crippen LogP contribution < -0.4 is 19.5 Å². The van der Waals surface area contributed by atoms with Crippen LogP contribution in [0.25, 0.3) is 0 Å². The van der Waals surface area contributed by atoms with Crippen molar-refractivity contribution in [1.82, 2.24) is 5.32 Å². The highest BCUT2D eigenvalue weighted by Gasteiger charge is 2.23. The number of nitrogens with one attached hydrogen (secondary N) is 1. The molecule has 0 spiro atoms. The monoisotopic (exact) mass is 349 g/mol. The molecule has 0 radical (unpaired) electrons. The maximum absolute atomic E-state index is 11.8. The standard InChI is InChI=1S/C18H23NO6/c1-7-13-12(8-9-14(18(21)25-6)19-11(2)20)10-15(22-3)17(24-5)16(13)23-4/h1,10,14H,8-9H2,2-6H3,(H,19,20)/t14-/m0/s1. The molecule has 1 N–H and O–H groups in total. The first kappa shape index (κ1) is 20.2. The summed E-state index contributed by atoms with van der Waals surface area (Å²) in [5.74, 6) is 2.98. The molecule has 0 aliphatic rings. The largest absolute Gasteiger partial charge is 0.493 e. The van der Waals surface area contributed by atoms with Gasteiger partial charge >= 0.3 is 5.97 Å². The highest BCUT2D eigenvalue weighted by molar-refractivity contribution is 5.83. The zero-order chi connectivity index (χ0) is 19.0. The first-order valence-corrected chi connectivity index (χ1v) is 7.56. The van der Waals surface area contributed by atoms with Crippen LogP contribution in [0, 0.1) is 12.3 Å². The number of carbonyl (C=O) groups excluding carboxylic acids is 2. The van der Waals surface area contributed by atoms with Crippen molar-refractivity contribution in [3.05, 3.63) is 17.2 Å². The van der Waals surface area contributed by atoms with Gasteiger partial charge in [-0.05, 0) is 24.5 Å². The lowest BCUT2D eigenvalue weighted by Gasteiger charge is -2.19. The molecule has 1 aromatic carbocycles. The van der Waals surface area contributed by atoms with Crippen molar-refractivity contribution in [2.75, 3.05) is 28.4 Å². The summed E-state index contributed by atoms with van der Waals surface area (Å²) < 4.78 is 20.7. The van der Waals surface area contributed by atoms with Crippen LogP contribution >= 0.6 is 0 Å². The summed E-state index contributed by atoms with van der Waals surface area (Å²) >= 11 is 0. The number of ether oxygens (including phenoxy) is 4. The summed E-state index contributed by atoms with van der Waals surface area (Å²) in [5.41, 5.74) is 1.24. The zero-order valence-corrected chi connectivity index (χ0v) is 15.1. The molecule has 7 nitrogen and oxygen atoms in total. The number of amides is 1. The SMILES string of the molecule is C#Cc1c(CC[C@H](NC(C)=O)C(=O)OC)cc(OC)c(OC)c1OC. The molecule has 0 bridgehead atoms. The fourth-order valence-electron chi connectivity index (χ4n) is 2.50. The number of hydrogen-bond donors (Lipinski definition) is 1. The Bertz CT molecular complexity index is 677. The normalized spacial score (nSPS) is 11.0. The van der Waals surface area contributed by atoms with Crippen molar-refractivity contribution in [3.63, 3.8) is 0 Å². The number of terminal acetylenes is 1. The van der Waals surface area contributed by atoms with E-state index >= 15 is 0 Å². The summed E-state index contributed by atoms with van der Waals surface area (Å²) in [6, 6.07) is 0.964. The van der Waals surface area contributed by atoms with Crippen LogP contribution in [0.1, 0.15) is 24.5 Å². The minimum absolute atomic E-state index is 0.305. The van der Waals surface area contributed by atoms with Crippen LogP contribution in [-0.2, 0) is 20.7 Å². The molecule has 0 aliphatic carbocycles. The second-order valence-corrected chi connectivity index (χ2v) is 5.14. The lowest BCUT2D eigenvalue weighted by Crippen LogP contribution is -2.40. The van der Waals surface area contributed by atoms with Gasteiger partial charge < -0.3 is 24.3 Å². The third-order valence-corrected chi connectivity index (χ3v) is 3.62.